The first kappa shape index (κ1) is 18.6. The van der Waals surface area contributed by atoms with Gasteiger partial charge in [-0.3, -0.25) is 4.79 Å². The Balaban J connectivity index is 1.89. The number of carbonyl (C=O) groups is 1. The highest BCUT2D eigenvalue weighted by atomic mass is 16.5. The number of likely N-dealkylation sites (N-methyl/N-ethyl adjacent to an activating group) is 1. The molecule has 0 aliphatic rings. The van der Waals surface area contributed by atoms with E-state index in [0.29, 0.717) is 30.2 Å². The molecule has 0 aliphatic heterocycles. The average molecular weight is 342 g/mol. The van der Waals surface area contributed by atoms with Gasteiger partial charge in [0.15, 0.2) is 11.5 Å². The quantitative estimate of drug-likeness (QED) is 0.738. The number of hydrogen-bond donors (Lipinski definition) is 0. The van der Waals surface area contributed by atoms with Crippen LogP contribution in [0.2, 0.25) is 0 Å². The molecule has 0 saturated carbocycles. The van der Waals surface area contributed by atoms with Gasteiger partial charge in [-0.05, 0) is 43.3 Å². The number of methoxy groups -OCH3 is 1. The average Bonchev–Trinajstić information content (AvgIpc) is 2.67. The molecule has 0 radical (unpaired) electrons. The summed E-state index contributed by atoms with van der Waals surface area (Å²) >= 11 is 0. The van der Waals surface area contributed by atoms with Crippen LogP contribution >= 0.6 is 0 Å². The Kier molecular flexibility index (Phi) is 6.69. The molecule has 5 nitrogen and oxygen atoms in total. The first-order valence-corrected chi connectivity index (χ1v) is 8.39. The minimum absolute atomic E-state index is 0.0191. The number of rotatable bonds is 8. The van der Waals surface area contributed by atoms with E-state index in [9.17, 15) is 4.79 Å². The van der Waals surface area contributed by atoms with Crippen LogP contribution in [0.3, 0.4) is 0 Å². The Hall–Kier alpha value is -2.69. The summed E-state index contributed by atoms with van der Waals surface area (Å²) in [5.74, 6) is 1.35. The van der Waals surface area contributed by atoms with E-state index in [0.717, 1.165) is 12.2 Å². The molecule has 1 amide bonds. The Labute approximate surface area is 149 Å². The second-order valence-electron chi connectivity index (χ2n) is 5.79. The van der Waals surface area contributed by atoms with Gasteiger partial charge in [-0.15, -0.1) is 0 Å². The van der Waals surface area contributed by atoms with Gasteiger partial charge in [-0.25, -0.2) is 0 Å². The second kappa shape index (κ2) is 8.97. The summed E-state index contributed by atoms with van der Waals surface area (Å²) in [5.41, 5.74) is 1.77. The highest BCUT2D eigenvalue weighted by Gasteiger charge is 2.12. The van der Waals surface area contributed by atoms with Crippen molar-refractivity contribution in [2.75, 3.05) is 45.8 Å². The summed E-state index contributed by atoms with van der Waals surface area (Å²) in [5, 5.41) is 0. The minimum atomic E-state index is -0.0191. The molecule has 0 spiro atoms. The maximum absolute atomic E-state index is 12.5. The molecule has 2 aromatic rings. The van der Waals surface area contributed by atoms with Crippen LogP contribution in [0.25, 0.3) is 0 Å². The predicted octanol–water partition coefficient (Wildman–Crippen LogP) is 3.30. The van der Waals surface area contributed by atoms with Crippen molar-refractivity contribution in [1.29, 1.82) is 0 Å². The molecular formula is C20H26N2O3. The number of para-hydroxylation sites is 2. The largest absolute Gasteiger partial charge is 0.493 e. The summed E-state index contributed by atoms with van der Waals surface area (Å²) in [6.07, 6.45) is 0. The fraction of sp³-hybridized carbons (Fsp3) is 0.350. The third kappa shape index (κ3) is 4.89. The second-order valence-corrected chi connectivity index (χ2v) is 5.79. The standard InChI is InChI=1S/C20H26N2O3/c1-5-21(2)17-12-10-16(11-13-17)20(23)22(3)14-15-25-19-9-7-6-8-18(19)24-4/h6-13H,5,14-15H2,1-4H3. The summed E-state index contributed by atoms with van der Waals surface area (Å²) in [6.45, 7) is 3.91. The van der Waals surface area contributed by atoms with Gasteiger partial charge in [-0.1, -0.05) is 12.1 Å². The van der Waals surface area contributed by atoms with Gasteiger partial charge in [0.2, 0.25) is 0 Å². The van der Waals surface area contributed by atoms with Crippen molar-refractivity contribution >= 4 is 11.6 Å². The predicted molar refractivity (Wildman–Crippen MR) is 101 cm³/mol. The Morgan fingerprint density at radius 3 is 2.24 bits per heavy atom. The first-order chi connectivity index (χ1) is 12.1. The van der Waals surface area contributed by atoms with Crippen molar-refractivity contribution in [2.24, 2.45) is 0 Å². The zero-order valence-corrected chi connectivity index (χ0v) is 15.4. The molecule has 2 aromatic carbocycles. The highest BCUT2D eigenvalue weighted by molar-refractivity contribution is 5.94. The summed E-state index contributed by atoms with van der Waals surface area (Å²) in [7, 11) is 5.41. The van der Waals surface area contributed by atoms with Crippen molar-refractivity contribution in [3.05, 3.63) is 54.1 Å². The summed E-state index contributed by atoms with van der Waals surface area (Å²) in [6, 6.07) is 15.1. The SMILES string of the molecule is CCN(C)c1ccc(C(=O)N(C)CCOc2ccccc2OC)cc1. The van der Waals surface area contributed by atoms with E-state index in [2.05, 4.69) is 11.8 Å². The van der Waals surface area contributed by atoms with E-state index in [1.54, 1.807) is 19.1 Å². The molecule has 0 N–H and O–H groups in total. The van der Waals surface area contributed by atoms with Gasteiger partial charge < -0.3 is 19.3 Å². The van der Waals surface area contributed by atoms with E-state index >= 15 is 0 Å². The molecule has 0 bridgehead atoms. The zero-order chi connectivity index (χ0) is 18.2. The smallest absolute Gasteiger partial charge is 0.253 e. The molecule has 0 aromatic heterocycles. The lowest BCUT2D eigenvalue weighted by Crippen LogP contribution is -2.31. The van der Waals surface area contributed by atoms with Crippen LogP contribution in [-0.4, -0.2) is 51.7 Å². The van der Waals surface area contributed by atoms with Crippen LogP contribution in [0.4, 0.5) is 5.69 Å². The number of benzene rings is 2. The van der Waals surface area contributed by atoms with Crippen LogP contribution < -0.4 is 14.4 Å². The van der Waals surface area contributed by atoms with Gasteiger partial charge in [-0.2, -0.15) is 0 Å². The summed E-state index contributed by atoms with van der Waals surface area (Å²) < 4.78 is 11.0. The molecule has 25 heavy (non-hydrogen) atoms. The van der Waals surface area contributed by atoms with Crippen molar-refractivity contribution in [3.8, 4) is 11.5 Å². The van der Waals surface area contributed by atoms with E-state index in [1.807, 2.05) is 55.6 Å². The van der Waals surface area contributed by atoms with Crippen LogP contribution in [0.15, 0.2) is 48.5 Å². The van der Waals surface area contributed by atoms with Crippen LogP contribution in [0, 0.1) is 0 Å². The van der Waals surface area contributed by atoms with Gasteiger partial charge in [0, 0.05) is 31.9 Å². The lowest BCUT2D eigenvalue weighted by atomic mass is 10.1. The van der Waals surface area contributed by atoms with Crippen LogP contribution in [0.5, 0.6) is 11.5 Å². The Morgan fingerprint density at radius 1 is 1.00 bits per heavy atom. The van der Waals surface area contributed by atoms with Crippen molar-refractivity contribution in [1.82, 2.24) is 4.90 Å². The van der Waals surface area contributed by atoms with E-state index in [4.69, 9.17) is 9.47 Å². The number of amides is 1. The van der Waals surface area contributed by atoms with Crippen LogP contribution in [0.1, 0.15) is 17.3 Å². The maximum Gasteiger partial charge on any atom is 0.253 e. The molecular weight excluding hydrogens is 316 g/mol. The molecule has 134 valence electrons. The zero-order valence-electron chi connectivity index (χ0n) is 15.4. The molecule has 0 unspecified atom stereocenters. The molecule has 0 saturated heterocycles. The normalized spacial score (nSPS) is 10.2. The van der Waals surface area contributed by atoms with E-state index < -0.39 is 0 Å². The number of nitrogens with zero attached hydrogens (tertiary/aromatic N) is 2. The van der Waals surface area contributed by atoms with E-state index in [1.165, 1.54) is 0 Å². The lowest BCUT2D eigenvalue weighted by molar-refractivity contribution is 0.0773. The van der Waals surface area contributed by atoms with Gasteiger partial charge in [0.05, 0.1) is 13.7 Å². The van der Waals surface area contributed by atoms with Gasteiger partial charge in [0.25, 0.3) is 5.91 Å². The molecule has 0 heterocycles. The van der Waals surface area contributed by atoms with Crippen LogP contribution in [-0.2, 0) is 0 Å². The number of hydrogen-bond acceptors (Lipinski definition) is 4. The monoisotopic (exact) mass is 342 g/mol. The fourth-order valence-electron chi connectivity index (χ4n) is 2.39. The topological polar surface area (TPSA) is 42.0 Å². The molecule has 2 rings (SSSR count). The highest BCUT2D eigenvalue weighted by Crippen LogP contribution is 2.25. The Bertz CT molecular complexity index is 686. The number of ether oxygens (including phenoxy) is 2. The van der Waals surface area contributed by atoms with Gasteiger partial charge in [0.1, 0.15) is 6.61 Å². The maximum atomic E-state index is 12.5. The number of anilines is 1. The minimum Gasteiger partial charge on any atom is -0.493 e. The summed E-state index contributed by atoms with van der Waals surface area (Å²) in [4.78, 5) is 16.3. The molecule has 0 atom stereocenters. The Morgan fingerprint density at radius 2 is 1.64 bits per heavy atom. The van der Waals surface area contributed by atoms with Crippen molar-refractivity contribution < 1.29 is 14.3 Å². The van der Waals surface area contributed by atoms with E-state index in [-0.39, 0.29) is 5.91 Å². The fourth-order valence-corrected chi connectivity index (χ4v) is 2.39. The molecule has 0 fully saturated rings. The third-order valence-electron chi connectivity index (χ3n) is 4.13. The third-order valence-corrected chi connectivity index (χ3v) is 4.13. The number of carbonyl (C=O) groups excluding carboxylic acids is 1. The molecule has 0 aliphatic carbocycles. The molecule has 5 heteroatoms. The van der Waals surface area contributed by atoms with Crippen molar-refractivity contribution in [2.45, 2.75) is 6.92 Å². The van der Waals surface area contributed by atoms with Gasteiger partial charge >= 0.3 is 0 Å². The lowest BCUT2D eigenvalue weighted by Gasteiger charge is -2.20. The van der Waals surface area contributed by atoms with Crippen molar-refractivity contribution in [3.63, 3.8) is 0 Å². The first-order valence-electron chi connectivity index (χ1n) is 8.39.